The summed E-state index contributed by atoms with van der Waals surface area (Å²) in [5, 5.41) is 12.7. The molecule has 3 N–H and O–H groups in total. The molecule has 1 fully saturated rings. The smallest absolute Gasteiger partial charge is 0.307 e. The topological polar surface area (TPSA) is 126 Å². The third kappa shape index (κ3) is 4.50. The van der Waals surface area contributed by atoms with Gasteiger partial charge in [0.1, 0.15) is 11.1 Å². The molecule has 0 bridgehead atoms. The number of nitrogens with one attached hydrogen (secondary N) is 1. The van der Waals surface area contributed by atoms with Crippen molar-refractivity contribution in [3.05, 3.63) is 86.7 Å². The van der Waals surface area contributed by atoms with E-state index < -0.39 is 29.0 Å². The number of fused-ring (bicyclic) bond motifs is 1. The highest BCUT2D eigenvalue weighted by molar-refractivity contribution is 8.04. The molecular formula is C25H21ClN4O4S. The second kappa shape index (κ2) is 9.86. The van der Waals surface area contributed by atoms with Crippen LogP contribution >= 0.6 is 23.4 Å². The summed E-state index contributed by atoms with van der Waals surface area (Å²) in [6.07, 6.45) is -0.210. The number of thioether (sulfide) groups is 1. The van der Waals surface area contributed by atoms with Crippen LogP contribution < -0.4 is 11.1 Å². The molecule has 2 aromatic rings. The largest absolute Gasteiger partial charge is 0.469 e. The van der Waals surface area contributed by atoms with E-state index in [1.54, 1.807) is 42.5 Å². The number of nitriles is 1. The number of carbonyl (C=O) groups excluding carboxylic acids is 3. The van der Waals surface area contributed by atoms with Crippen LogP contribution in [-0.4, -0.2) is 35.0 Å². The molecule has 35 heavy (non-hydrogen) atoms. The Bertz CT molecular complexity index is 1350. The minimum Gasteiger partial charge on any atom is -0.469 e. The summed E-state index contributed by atoms with van der Waals surface area (Å²) in [6, 6.07) is 16.2. The highest BCUT2D eigenvalue weighted by Crippen LogP contribution is 2.50. The average molecular weight is 509 g/mol. The fourth-order valence-electron chi connectivity index (χ4n) is 4.09. The molecule has 0 aromatic heterocycles. The first-order valence-electron chi connectivity index (χ1n) is 10.6. The molecule has 4 rings (SSSR count). The van der Waals surface area contributed by atoms with Crippen LogP contribution in [0.2, 0.25) is 5.02 Å². The zero-order valence-electron chi connectivity index (χ0n) is 18.9. The highest BCUT2D eigenvalue weighted by Gasteiger charge is 2.48. The van der Waals surface area contributed by atoms with Crippen LogP contribution in [0.1, 0.15) is 23.5 Å². The van der Waals surface area contributed by atoms with Crippen molar-refractivity contribution in [2.75, 3.05) is 12.4 Å². The summed E-state index contributed by atoms with van der Waals surface area (Å²) >= 11 is 7.54. The summed E-state index contributed by atoms with van der Waals surface area (Å²) in [4.78, 5) is 40.0. The van der Waals surface area contributed by atoms with Crippen LogP contribution in [0.25, 0.3) is 0 Å². The minimum atomic E-state index is -0.915. The molecule has 1 saturated heterocycles. The maximum absolute atomic E-state index is 13.7. The van der Waals surface area contributed by atoms with Gasteiger partial charge in [-0.3, -0.25) is 19.3 Å². The van der Waals surface area contributed by atoms with Crippen LogP contribution in [0.5, 0.6) is 0 Å². The summed E-state index contributed by atoms with van der Waals surface area (Å²) in [5.41, 5.74) is 8.49. The Hall–Kier alpha value is -3.74. The van der Waals surface area contributed by atoms with Crippen molar-refractivity contribution in [3.63, 3.8) is 0 Å². The molecule has 178 valence electrons. The first-order valence-corrected chi connectivity index (χ1v) is 11.9. The number of anilines is 1. The van der Waals surface area contributed by atoms with Crippen LogP contribution in [0.3, 0.4) is 0 Å². The number of rotatable bonds is 5. The zero-order valence-corrected chi connectivity index (χ0v) is 20.4. The fourth-order valence-corrected chi connectivity index (χ4v) is 5.66. The van der Waals surface area contributed by atoms with E-state index in [2.05, 4.69) is 11.4 Å². The number of amides is 2. The number of nitrogens with two attached hydrogens (primary N) is 1. The number of allylic oxidation sites excluding steroid dienone is 1. The van der Waals surface area contributed by atoms with E-state index in [4.69, 9.17) is 22.1 Å². The molecule has 0 aliphatic carbocycles. The molecule has 2 unspecified atom stereocenters. The van der Waals surface area contributed by atoms with E-state index in [0.717, 1.165) is 22.2 Å². The van der Waals surface area contributed by atoms with Crippen LogP contribution in [0.15, 0.2) is 70.5 Å². The van der Waals surface area contributed by atoms with Gasteiger partial charge in [0.25, 0.3) is 5.91 Å². The van der Waals surface area contributed by atoms with E-state index in [0.29, 0.717) is 16.3 Å². The summed E-state index contributed by atoms with van der Waals surface area (Å²) < 4.78 is 4.72. The summed E-state index contributed by atoms with van der Waals surface area (Å²) in [5.74, 6) is -2.60. The molecule has 2 aliphatic rings. The quantitative estimate of drug-likeness (QED) is 0.588. The molecule has 0 spiro atoms. The van der Waals surface area contributed by atoms with Gasteiger partial charge in [-0.1, -0.05) is 53.7 Å². The Morgan fingerprint density at radius 1 is 1.26 bits per heavy atom. The van der Waals surface area contributed by atoms with Crippen molar-refractivity contribution >= 4 is 46.8 Å². The lowest BCUT2D eigenvalue weighted by Gasteiger charge is -2.32. The Balaban J connectivity index is 1.90. The van der Waals surface area contributed by atoms with Crippen LogP contribution in [0, 0.1) is 18.3 Å². The third-order valence-corrected chi connectivity index (χ3v) is 7.34. The Labute approximate surface area is 211 Å². The third-order valence-electron chi connectivity index (χ3n) is 5.71. The van der Waals surface area contributed by atoms with Gasteiger partial charge in [0.2, 0.25) is 5.91 Å². The number of nitrogens with zero attached hydrogens (tertiary/aromatic N) is 2. The average Bonchev–Trinajstić information content (AvgIpc) is 3.14. The molecule has 8 nitrogen and oxygen atoms in total. The number of hydrogen-bond donors (Lipinski definition) is 2. The molecular weight excluding hydrogens is 488 g/mol. The molecule has 0 radical (unpaired) electrons. The van der Waals surface area contributed by atoms with E-state index >= 15 is 0 Å². The molecule has 0 saturated carbocycles. The lowest BCUT2D eigenvalue weighted by atomic mass is 9.82. The van der Waals surface area contributed by atoms with Gasteiger partial charge in [-0.15, -0.1) is 0 Å². The summed E-state index contributed by atoms with van der Waals surface area (Å²) in [6.45, 7) is 1.90. The standard InChI is InChI=1S/C25H21ClN4O4S/c1-13-6-5-7-14(10-13)29-23(32)21-20(15-8-3-4-9-17(15)26)16(12-27)22(28)30-24(33)18(35-25(21)30)11-19(31)34-2/h3-10,18,20H,11,28H2,1-2H3,(H,29,32). The van der Waals surface area contributed by atoms with Crippen LogP contribution in [-0.2, 0) is 19.1 Å². The lowest BCUT2D eigenvalue weighted by molar-refractivity contribution is -0.142. The number of halogens is 1. The maximum atomic E-state index is 13.7. The summed E-state index contributed by atoms with van der Waals surface area (Å²) in [7, 11) is 1.23. The predicted molar refractivity (Wildman–Crippen MR) is 133 cm³/mol. The van der Waals surface area contributed by atoms with Crippen molar-refractivity contribution < 1.29 is 19.1 Å². The van der Waals surface area contributed by atoms with Crippen LogP contribution in [0.4, 0.5) is 5.69 Å². The number of benzene rings is 2. The number of aryl methyl sites for hydroxylation is 1. The fraction of sp³-hybridized carbons (Fsp3) is 0.200. The van der Waals surface area contributed by atoms with Gasteiger partial charge in [-0.25, -0.2) is 0 Å². The molecule has 10 heteroatoms. The Morgan fingerprint density at radius 2 is 2.00 bits per heavy atom. The lowest BCUT2D eigenvalue weighted by Crippen LogP contribution is -2.39. The molecule has 2 aliphatic heterocycles. The van der Waals surface area contributed by atoms with Crippen molar-refractivity contribution in [1.82, 2.24) is 4.90 Å². The van der Waals surface area contributed by atoms with Crippen molar-refractivity contribution in [2.45, 2.75) is 24.5 Å². The van der Waals surface area contributed by atoms with E-state index in [9.17, 15) is 19.6 Å². The molecule has 2 aromatic carbocycles. The molecule has 2 atom stereocenters. The number of carbonyl (C=O) groups is 3. The van der Waals surface area contributed by atoms with E-state index in [1.165, 1.54) is 7.11 Å². The van der Waals surface area contributed by atoms with Crippen molar-refractivity contribution in [1.29, 1.82) is 5.26 Å². The Kier molecular flexibility index (Phi) is 6.87. The van der Waals surface area contributed by atoms with Crippen molar-refractivity contribution in [2.24, 2.45) is 5.73 Å². The van der Waals surface area contributed by atoms with Gasteiger partial charge < -0.3 is 15.8 Å². The van der Waals surface area contributed by atoms with Crippen molar-refractivity contribution in [3.8, 4) is 6.07 Å². The zero-order chi connectivity index (χ0) is 25.3. The van der Waals surface area contributed by atoms with Gasteiger partial charge >= 0.3 is 5.97 Å². The second-order valence-electron chi connectivity index (χ2n) is 7.97. The Morgan fingerprint density at radius 3 is 2.66 bits per heavy atom. The minimum absolute atomic E-state index is 0.0175. The SMILES string of the molecule is COC(=O)CC1SC2=C(C(=O)Nc3cccc(C)c3)C(c3ccccc3Cl)C(C#N)=C(N)N2C1=O. The van der Waals surface area contributed by atoms with Gasteiger partial charge in [-0.2, -0.15) is 5.26 Å². The van der Waals surface area contributed by atoms with E-state index in [-0.39, 0.29) is 28.4 Å². The first kappa shape index (κ1) is 24.4. The molecule has 2 amide bonds. The van der Waals surface area contributed by atoms with Gasteiger partial charge in [0, 0.05) is 10.7 Å². The first-order chi connectivity index (χ1) is 16.8. The highest BCUT2D eigenvalue weighted by atomic mass is 35.5. The number of methoxy groups -OCH3 is 1. The molecule has 2 heterocycles. The normalized spacial score (nSPS) is 19.4. The van der Waals surface area contributed by atoms with E-state index in [1.807, 2.05) is 13.0 Å². The maximum Gasteiger partial charge on any atom is 0.307 e. The van der Waals surface area contributed by atoms with Gasteiger partial charge in [0.05, 0.1) is 41.7 Å². The number of ether oxygens (including phenoxy) is 1. The second-order valence-corrected chi connectivity index (χ2v) is 9.57. The van der Waals surface area contributed by atoms with Gasteiger partial charge in [-0.05, 0) is 36.2 Å². The number of hydrogen-bond acceptors (Lipinski definition) is 7. The monoisotopic (exact) mass is 508 g/mol. The van der Waals surface area contributed by atoms with Gasteiger partial charge in [0.15, 0.2) is 0 Å². The number of esters is 1. The predicted octanol–water partition coefficient (Wildman–Crippen LogP) is 3.80.